The van der Waals surface area contributed by atoms with Gasteiger partial charge >= 0.3 is 5.69 Å². The van der Waals surface area contributed by atoms with E-state index in [1.165, 1.54) is 17.3 Å². The number of nitrogens with one attached hydrogen (secondary N) is 1. The van der Waals surface area contributed by atoms with Crippen molar-refractivity contribution in [2.45, 2.75) is 50.6 Å². The summed E-state index contributed by atoms with van der Waals surface area (Å²) in [5, 5.41) is 5.66. The first kappa shape index (κ1) is 20.9. The zero-order valence-corrected chi connectivity index (χ0v) is 18.8. The summed E-state index contributed by atoms with van der Waals surface area (Å²) in [6, 6.07) is 12.0. The Morgan fingerprint density at radius 2 is 2.03 bits per heavy atom. The maximum absolute atomic E-state index is 12.7. The van der Waals surface area contributed by atoms with E-state index in [0.717, 1.165) is 41.1 Å². The molecule has 1 amide bonds. The monoisotopic (exact) mass is 439 g/mol. The second-order valence-corrected chi connectivity index (χ2v) is 9.75. The van der Waals surface area contributed by atoms with Gasteiger partial charge in [0, 0.05) is 21.8 Å². The molecule has 0 radical (unpaired) electrons. The van der Waals surface area contributed by atoms with Gasteiger partial charge < -0.3 is 5.32 Å². The maximum Gasteiger partial charge on any atom is 0.349 e. The molecule has 7 heteroatoms. The van der Waals surface area contributed by atoms with Crippen molar-refractivity contribution in [2.75, 3.05) is 11.1 Å². The number of amides is 1. The molecule has 1 aliphatic rings. The number of fused-ring (bicyclic) bond motifs is 1. The van der Waals surface area contributed by atoms with Crippen molar-refractivity contribution < 1.29 is 4.79 Å². The fourth-order valence-electron chi connectivity index (χ4n) is 3.71. The molecule has 0 aliphatic heterocycles. The highest BCUT2D eigenvalue weighted by atomic mass is 32.2. The van der Waals surface area contributed by atoms with Crippen molar-refractivity contribution in [2.24, 2.45) is 0 Å². The van der Waals surface area contributed by atoms with Crippen LogP contribution < -0.4 is 11.0 Å². The van der Waals surface area contributed by atoms with Gasteiger partial charge in [0.15, 0.2) is 0 Å². The Morgan fingerprint density at radius 3 is 2.73 bits per heavy atom. The van der Waals surface area contributed by atoms with E-state index in [4.69, 9.17) is 0 Å². The van der Waals surface area contributed by atoms with E-state index in [1.54, 1.807) is 15.9 Å². The van der Waals surface area contributed by atoms with Crippen LogP contribution in [0.4, 0.5) is 5.69 Å². The van der Waals surface area contributed by atoms with Crippen molar-refractivity contribution >= 4 is 34.7 Å². The summed E-state index contributed by atoms with van der Waals surface area (Å²) < 4.78 is 1.80. The molecule has 0 saturated heterocycles. The average Bonchev–Trinajstić information content (AvgIpc) is 3.41. The molecule has 0 fully saturated rings. The van der Waals surface area contributed by atoms with Crippen LogP contribution >= 0.6 is 23.1 Å². The lowest BCUT2D eigenvalue weighted by Crippen LogP contribution is -2.27. The summed E-state index contributed by atoms with van der Waals surface area (Å²) >= 11 is 3.01. The van der Waals surface area contributed by atoms with E-state index < -0.39 is 0 Å². The number of thioether (sulfide) groups is 1. The van der Waals surface area contributed by atoms with E-state index in [2.05, 4.69) is 24.1 Å². The molecule has 2 heterocycles. The SMILES string of the molecule is CC(C)c1ccc(NC(=O)CSc2nc(=O)n(Cc3cccs3)c3c2CCC3)cc1. The number of hydrogen-bond donors (Lipinski definition) is 1. The summed E-state index contributed by atoms with van der Waals surface area (Å²) in [4.78, 5) is 30.6. The standard InChI is InChI=1S/C23H25N3O2S2/c1-15(2)16-8-10-17(11-9-16)24-21(27)14-30-22-19-6-3-7-20(19)26(23(28)25-22)13-18-5-4-12-29-18/h4-5,8-12,15H,3,6-7,13-14H2,1-2H3,(H,24,27). The van der Waals surface area contributed by atoms with Gasteiger partial charge in [-0.2, -0.15) is 4.98 Å². The van der Waals surface area contributed by atoms with Gasteiger partial charge in [0.05, 0.1) is 12.3 Å². The lowest BCUT2D eigenvalue weighted by molar-refractivity contribution is -0.113. The lowest BCUT2D eigenvalue weighted by Gasteiger charge is -2.13. The quantitative estimate of drug-likeness (QED) is 0.428. The number of aromatic nitrogens is 2. The first-order chi connectivity index (χ1) is 14.5. The summed E-state index contributed by atoms with van der Waals surface area (Å²) in [7, 11) is 0. The van der Waals surface area contributed by atoms with Gasteiger partial charge in [-0.05, 0) is 54.3 Å². The maximum atomic E-state index is 12.7. The van der Waals surface area contributed by atoms with Gasteiger partial charge in [0.1, 0.15) is 5.03 Å². The minimum atomic E-state index is -0.226. The molecule has 0 saturated carbocycles. The van der Waals surface area contributed by atoms with E-state index in [1.807, 2.05) is 41.8 Å². The Morgan fingerprint density at radius 1 is 1.23 bits per heavy atom. The van der Waals surface area contributed by atoms with Crippen LogP contribution in [0.15, 0.2) is 51.6 Å². The summed E-state index contributed by atoms with van der Waals surface area (Å²) in [6.45, 7) is 4.86. The molecule has 1 aliphatic carbocycles. The molecule has 30 heavy (non-hydrogen) atoms. The Labute approximate surface area is 184 Å². The van der Waals surface area contributed by atoms with Gasteiger partial charge in [-0.15, -0.1) is 11.3 Å². The van der Waals surface area contributed by atoms with Crippen LogP contribution in [0.1, 0.15) is 47.9 Å². The van der Waals surface area contributed by atoms with Crippen LogP contribution in [0.3, 0.4) is 0 Å². The van der Waals surface area contributed by atoms with E-state index in [0.29, 0.717) is 17.5 Å². The molecule has 3 aromatic rings. The van der Waals surface area contributed by atoms with Gasteiger partial charge in [-0.3, -0.25) is 9.36 Å². The zero-order chi connectivity index (χ0) is 21.1. The first-order valence-corrected chi connectivity index (χ1v) is 12.1. The molecule has 0 spiro atoms. The van der Waals surface area contributed by atoms with Crippen molar-refractivity contribution in [3.8, 4) is 0 Å². The summed E-state index contributed by atoms with van der Waals surface area (Å²) in [5.41, 5.74) is 4.01. The Hall–Kier alpha value is -2.38. The number of hydrogen-bond acceptors (Lipinski definition) is 5. The lowest BCUT2D eigenvalue weighted by atomic mass is 10.0. The minimum absolute atomic E-state index is 0.0893. The summed E-state index contributed by atoms with van der Waals surface area (Å²) in [6.07, 6.45) is 2.82. The van der Waals surface area contributed by atoms with Crippen LogP contribution in [-0.4, -0.2) is 21.2 Å². The molecule has 156 valence electrons. The number of benzene rings is 1. The fraction of sp³-hybridized carbons (Fsp3) is 0.348. The second-order valence-electron chi connectivity index (χ2n) is 7.76. The van der Waals surface area contributed by atoms with Gasteiger partial charge in [-0.1, -0.05) is 43.8 Å². The van der Waals surface area contributed by atoms with Crippen LogP contribution in [0.5, 0.6) is 0 Å². The van der Waals surface area contributed by atoms with Crippen LogP contribution in [0.25, 0.3) is 0 Å². The van der Waals surface area contributed by atoms with E-state index in [-0.39, 0.29) is 17.3 Å². The Balaban J connectivity index is 1.44. The first-order valence-electron chi connectivity index (χ1n) is 10.2. The van der Waals surface area contributed by atoms with Crippen molar-refractivity contribution in [1.82, 2.24) is 9.55 Å². The number of thiophene rings is 1. The predicted molar refractivity (Wildman–Crippen MR) is 124 cm³/mol. The molecule has 1 N–H and O–H groups in total. The number of anilines is 1. The highest BCUT2D eigenvalue weighted by Gasteiger charge is 2.22. The third kappa shape index (κ3) is 4.68. The molecular weight excluding hydrogens is 414 g/mol. The second kappa shape index (κ2) is 9.18. The van der Waals surface area contributed by atoms with Gasteiger partial charge in [0.25, 0.3) is 0 Å². The molecule has 0 bridgehead atoms. The molecule has 0 atom stereocenters. The number of rotatable bonds is 7. The number of carbonyl (C=O) groups is 1. The highest BCUT2D eigenvalue weighted by Crippen LogP contribution is 2.30. The van der Waals surface area contributed by atoms with Crippen LogP contribution in [-0.2, 0) is 24.2 Å². The Kier molecular flexibility index (Phi) is 6.39. The minimum Gasteiger partial charge on any atom is -0.325 e. The van der Waals surface area contributed by atoms with Gasteiger partial charge in [0.2, 0.25) is 5.91 Å². The molecule has 2 aromatic heterocycles. The van der Waals surface area contributed by atoms with Crippen LogP contribution in [0.2, 0.25) is 0 Å². The molecule has 5 nitrogen and oxygen atoms in total. The predicted octanol–water partition coefficient (Wildman–Crippen LogP) is 4.70. The molecule has 1 aromatic carbocycles. The third-order valence-electron chi connectivity index (χ3n) is 5.30. The fourth-order valence-corrected chi connectivity index (χ4v) is 5.28. The van der Waals surface area contributed by atoms with E-state index >= 15 is 0 Å². The zero-order valence-electron chi connectivity index (χ0n) is 17.2. The summed E-state index contributed by atoms with van der Waals surface area (Å²) in [5.74, 6) is 0.605. The van der Waals surface area contributed by atoms with Crippen molar-refractivity contribution in [3.05, 3.63) is 74.0 Å². The number of nitrogens with zero attached hydrogens (tertiary/aromatic N) is 2. The topological polar surface area (TPSA) is 64.0 Å². The molecule has 0 unspecified atom stereocenters. The largest absolute Gasteiger partial charge is 0.349 e. The van der Waals surface area contributed by atoms with E-state index in [9.17, 15) is 9.59 Å². The number of carbonyl (C=O) groups excluding carboxylic acids is 1. The molecular formula is C23H25N3O2S2. The average molecular weight is 440 g/mol. The normalized spacial score (nSPS) is 12.9. The van der Waals surface area contributed by atoms with Crippen LogP contribution in [0, 0.1) is 0 Å². The smallest absolute Gasteiger partial charge is 0.325 e. The van der Waals surface area contributed by atoms with Gasteiger partial charge in [-0.25, -0.2) is 4.79 Å². The Bertz CT molecular complexity index is 1090. The third-order valence-corrected chi connectivity index (χ3v) is 7.17. The van der Waals surface area contributed by atoms with Crippen molar-refractivity contribution in [3.63, 3.8) is 0 Å². The molecule has 4 rings (SSSR count). The highest BCUT2D eigenvalue weighted by molar-refractivity contribution is 8.00. The van der Waals surface area contributed by atoms with Crippen molar-refractivity contribution in [1.29, 1.82) is 0 Å².